The Labute approximate surface area is 120 Å². The van der Waals surface area contributed by atoms with Crippen LogP contribution in [0.4, 0.5) is 0 Å². The topological polar surface area (TPSA) is 55.1 Å². The number of carboxylic acids is 1. The van der Waals surface area contributed by atoms with E-state index in [0.29, 0.717) is 28.0 Å². The molecule has 1 heterocycles. The molecule has 0 aliphatic rings. The Morgan fingerprint density at radius 1 is 1.37 bits per heavy atom. The molecule has 2 aromatic rings. The summed E-state index contributed by atoms with van der Waals surface area (Å²) in [4.78, 5) is 11.1. The molecule has 2 rings (SSSR count). The molecule has 0 atom stereocenters. The Hall–Kier alpha value is -1.52. The van der Waals surface area contributed by atoms with Crippen molar-refractivity contribution in [2.75, 3.05) is 0 Å². The summed E-state index contributed by atoms with van der Waals surface area (Å²) < 4.78 is 1.62. The number of aromatic carboxylic acids is 1. The number of rotatable bonds is 3. The SMILES string of the molecule is Cc1nn(Cc2cccc(Cl)c2Cl)c(C)c1C(=O)O. The van der Waals surface area contributed by atoms with Gasteiger partial charge in [-0.2, -0.15) is 5.10 Å². The summed E-state index contributed by atoms with van der Waals surface area (Å²) in [5.74, 6) is -0.974. The van der Waals surface area contributed by atoms with Crippen molar-refractivity contribution in [1.82, 2.24) is 9.78 Å². The second-order valence-electron chi connectivity index (χ2n) is 4.22. The standard InChI is InChI=1S/C13H12Cl2N2O2/c1-7-11(13(18)19)8(2)17(16-7)6-9-4-3-5-10(14)12(9)15/h3-5H,6H2,1-2H3,(H,18,19). The zero-order chi connectivity index (χ0) is 14.2. The van der Waals surface area contributed by atoms with Crippen LogP contribution < -0.4 is 0 Å². The van der Waals surface area contributed by atoms with Crippen molar-refractivity contribution in [2.24, 2.45) is 0 Å². The Bertz CT molecular complexity index is 650. The monoisotopic (exact) mass is 298 g/mol. The molecule has 0 amide bonds. The minimum atomic E-state index is -0.974. The summed E-state index contributed by atoms with van der Waals surface area (Å²) in [5.41, 5.74) is 2.12. The molecule has 0 spiro atoms. The van der Waals surface area contributed by atoms with Crippen LogP contribution >= 0.6 is 23.2 Å². The largest absolute Gasteiger partial charge is 0.478 e. The molecule has 4 nitrogen and oxygen atoms in total. The Kier molecular flexibility index (Phi) is 3.83. The van der Waals surface area contributed by atoms with Crippen LogP contribution in [-0.4, -0.2) is 20.9 Å². The molecule has 0 aliphatic carbocycles. The summed E-state index contributed by atoms with van der Waals surface area (Å²) >= 11 is 12.1. The summed E-state index contributed by atoms with van der Waals surface area (Å²) in [6, 6.07) is 5.34. The van der Waals surface area contributed by atoms with Crippen molar-refractivity contribution in [2.45, 2.75) is 20.4 Å². The zero-order valence-corrected chi connectivity index (χ0v) is 12.0. The molecule has 0 bridgehead atoms. The van der Waals surface area contributed by atoms with Gasteiger partial charge in [-0.25, -0.2) is 4.79 Å². The van der Waals surface area contributed by atoms with Crippen LogP contribution in [0.5, 0.6) is 0 Å². The van der Waals surface area contributed by atoms with Gasteiger partial charge in [-0.3, -0.25) is 4.68 Å². The molecule has 0 unspecified atom stereocenters. The first kappa shape index (κ1) is 13.9. The number of aromatic nitrogens is 2. The van der Waals surface area contributed by atoms with E-state index in [0.717, 1.165) is 5.56 Å². The van der Waals surface area contributed by atoms with Crippen LogP contribution in [0.2, 0.25) is 10.0 Å². The van der Waals surface area contributed by atoms with E-state index in [4.69, 9.17) is 28.3 Å². The molecular weight excluding hydrogens is 287 g/mol. The molecule has 6 heteroatoms. The summed E-state index contributed by atoms with van der Waals surface area (Å²) in [5, 5.41) is 14.3. The Balaban J connectivity index is 2.42. The predicted octanol–water partition coefficient (Wildman–Crippen LogP) is 3.55. The zero-order valence-electron chi connectivity index (χ0n) is 10.4. The van der Waals surface area contributed by atoms with Gasteiger partial charge in [0.15, 0.2) is 0 Å². The summed E-state index contributed by atoms with van der Waals surface area (Å²) in [6.45, 7) is 3.79. The molecule has 100 valence electrons. The number of carbonyl (C=O) groups is 1. The first-order valence-corrected chi connectivity index (χ1v) is 6.37. The van der Waals surface area contributed by atoms with Gasteiger partial charge in [-0.15, -0.1) is 0 Å². The van der Waals surface area contributed by atoms with Gasteiger partial charge >= 0.3 is 5.97 Å². The first-order valence-electron chi connectivity index (χ1n) is 5.62. The minimum absolute atomic E-state index is 0.234. The molecule has 0 saturated carbocycles. The van der Waals surface area contributed by atoms with Crippen LogP contribution in [0.15, 0.2) is 18.2 Å². The highest BCUT2D eigenvalue weighted by atomic mass is 35.5. The van der Waals surface area contributed by atoms with Crippen LogP contribution in [0.3, 0.4) is 0 Å². The average Bonchev–Trinajstić information content (AvgIpc) is 2.60. The molecule has 0 saturated heterocycles. The van der Waals surface area contributed by atoms with Crippen LogP contribution in [-0.2, 0) is 6.54 Å². The smallest absolute Gasteiger partial charge is 0.339 e. The molecule has 0 aliphatic heterocycles. The van der Waals surface area contributed by atoms with E-state index in [-0.39, 0.29) is 5.56 Å². The minimum Gasteiger partial charge on any atom is -0.478 e. The van der Waals surface area contributed by atoms with E-state index in [1.54, 1.807) is 30.7 Å². The van der Waals surface area contributed by atoms with Gasteiger partial charge in [0.1, 0.15) is 5.56 Å². The fraction of sp³-hybridized carbons (Fsp3) is 0.231. The summed E-state index contributed by atoms with van der Waals surface area (Å²) in [7, 11) is 0. The highest BCUT2D eigenvalue weighted by molar-refractivity contribution is 6.42. The number of aryl methyl sites for hydroxylation is 1. The van der Waals surface area contributed by atoms with Crippen molar-refractivity contribution >= 4 is 29.2 Å². The third kappa shape index (κ3) is 2.60. The molecule has 1 N–H and O–H groups in total. The second kappa shape index (κ2) is 5.23. The van der Waals surface area contributed by atoms with Crippen molar-refractivity contribution in [1.29, 1.82) is 0 Å². The fourth-order valence-electron chi connectivity index (χ4n) is 1.99. The highest BCUT2D eigenvalue weighted by Crippen LogP contribution is 2.26. The number of hydrogen-bond donors (Lipinski definition) is 1. The van der Waals surface area contributed by atoms with E-state index < -0.39 is 5.97 Å². The van der Waals surface area contributed by atoms with Gasteiger partial charge in [0.25, 0.3) is 0 Å². The van der Waals surface area contributed by atoms with Gasteiger partial charge in [-0.1, -0.05) is 35.3 Å². The van der Waals surface area contributed by atoms with Crippen LogP contribution in [0.1, 0.15) is 27.3 Å². The van der Waals surface area contributed by atoms with Crippen molar-refractivity contribution < 1.29 is 9.90 Å². The van der Waals surface area contributed by atoms with Crippen LogP contribution in [0, 0.1) is 13.8 Å². The van der Waals surface area contributed by atoms with Crippen molar-refractivity contribution in [3.63, 3.8) is 0 Å². The maximum atomic E-state index is 11.1. The maximum absolute atomic E-state index is 11.1. The molecule has 19 heavy (non-hydrogen) atoms. The molecular formula is C13H12Cl2N2O2. The van der Waals surface area contributed by atoms with Crippen molar-refractivity contribution in [3.8, 4) is 0 Å². The van der Waals surface area contributed by atoms with E-state index in [1.807, 2.05) is 6.07 Å². The average molecular weight is 299 g/mol. The number of carboxylic acid groups (broad SMARTS) is 1. The lowest BCUT2D eigenvalue weighted by atomic mass is 10.2. The number of benzene rings is 1. The molecule has 1 aromatic carbocycles. The third-order valence-corrected chi connectivity index (χ3v) is 3.81. The molecule has 0 radical (unpaired) electrons. The number of nitrogens with zero attached hydrogens (tertiary/aromatic N) is 2. The highest BCUT2D eigenvalue weighted by Gasteiger charge is 2.18. The van der Waals surface area contributed by atoms with Gasteiger partial charge in [-0.05, 0) is 25.5 Å². The van der Waals surface area contributed by atoms with E-state index in [9.17, 15) is 4.79 Å². The normalized spacial score (nSPS) is 10.7. The first-order chi connectivity index (χ1) is 8.91. The van der Waals surface area contributed by atoms with Crippen molar-refractivity contribution in [3.05, 3.63) is 50.8 Å². The quantitative estimate of drug-likeness (QED) is 0.943. The second-order valence-corrected chi connectivity index (χ2v) is 5.01. The van der Waals surface area contributed by atoms with Gasteiger partial charge in [0.2, 0.25) is 0 Å². The Morgan fingerprint density at radius 2 is 2.05 bits per heavy atom. The van der Waals surface area contributed by atoms with Gasteiger partial charge in [0.05, 0.1) is 28.0 Å². The van der Waals surface area contributed by atoms with E-state index in [1.165, 1.54) is 0 Å². The van der Waals surface area contributed by atoms with E-state index >= 15 is 0 Å². The number of halogens is 2. The van der Waals surface area contributed by atoms with Gasteiger partial charge < -0.3 is 5.11 Å². The predicted molar refractivity (Wildman–Crippen MR) is 74.2 cm³/mol. The summed E-state index contributed by atoms with van der Waals surface area (Å²) in [6.07, 6.45) is 0. The maximum Gasteiger partial charge on any atom is 0.339 e. The van der Waals surface area contributed by atoms with Crippen LogP contribution in [0.25, 0.3) is 0 Å². The van der Waals surface area contributed by atoms with Gasteiger partial charge in [0, 0.05) is 0 Å². The fourth-order valence-corrected chi connectivity index (χ4v) is 2.37. The number of hydrogen-bond acceptors (Lipinski definition) is 2. The Morgan fingerprint density at radius 3 is 2.63 bits per heavy atom. The lowest BCUT2D eigenvalue weighted by Gasteiger charge is -2.08. The molecule has 1 aromatic heterocycles. The third-order valence-electron chi connectivity index (χ3n) is 2.95. The molecule has 0 fully saturated rings. The lowest BCUT2D eigenvalue weighted by Crippen LogP contribution is -2.06. The lowest BCUT2D eigenvalue weighted by molar-refractivity contribution is 0.0695. The van der Waals surface area contributed by atoms with E-state index in [2.05, 4.69) is 5.10 Å².